The molecule has 0 aromatic heterocycles. The molecule has 2 unspecified atom stereocenters. The molecular weight excluding hydrogens is 246 g/mol. The van der Waals surface area contributed by atoms with Crippen molar-refractivity contribution in [2.75, 3.05) is 19.6 Å². The topological polar surface area (TPSA) is 20.3 Å². The Balaban J connectivity index is 1.88. The van der Waals surface area contributed by atoms with Gasteiger partial charge in [0.2, 0.25) is 0 Å². The average Bonchev–Trinajstić information content (AvgIpc) is 2.56. The van der Waals surface area contributed by atoms with E-state index in [1.54, 1.807) is 0 Å². The van der Waals surface area contributed by atoms with Crippen LogP contribution in [0.5, 0.6) is 0 Å². The van der Waals surface area contributed by atoms with Gasteiger partial charge in [0.1, 0.15) is 5.78 Å². The Morgan fingerprint density at radius 2 is 1.85 bits per heavy atom. The van der Waals surface area contributed by atoms with E-state index in [0.717, 1.165) is 25.3 Å². The van der Waals surface area contributed by atoms with Gasteiger partial charge in [-0.05, 0) is 56.5 Å². The van der Waals surface area contributed by atoms with Crippen molar-refractivity contribution in [1.82, 2.24) is 4.90 Å². The van der Waals surface area contributed by atoms with Gasteiger partial charge < -0.3 is 4.90 Å². The first kappa shape index (κ1) is 16.0. The molecule has 1 aliphatic heterocycles. The quantitative estimate of drug-likeness (QED) is 0.757. The summed E-state index contributed by atoms with van der Waals surface area (Å²) in [5.74, 6) is 1.65. The van der Waals surface area contributed by atoms with Gasteiger partial charge in [0.25, 0.3) is 0 Å². The number of hydrogen-bond acceptors (Lipinski definition) is 2. The third-order valence-electron chi connectivity index (χ3n) is 5.68. The number of Topliss-reactive ketones (excluding diaryl/α,β-unsaturated/α-hetero) is 1. The normalized spacial score (nSPS) is 32.4. The molecule has 0 aromatic rings. The summed E-state index contributed by atoms with van der Waals surface area (Å²) in [6, 6.07) is 0. The highest BCUT2D eigenvalue weighted by atomic mass is 16.1. The fraction of sp³-hybridized carbons (Fsp3) is 0.944. The number of nitrogens with zero attached hydrogens (tertiary/aromatic N) is 1. The smallest absolute Gasteiger partial charge is 0.142 e. The molecule has 0 aromatic carbocycles. The lowest BCUT2D eigenvalue weighted by molar-refractivity contribution is -0.127. The molecular formula is C18H33NO. The van der Waals surface area contributed by atoms with Gasteiger partial charge in [0, 0.05) is 17.9 Å². The van der Waals surface area contributed by atoms with Crippen LogP contribution in [0.1, 0.15) is 66.7 Å². The van der Waals surface area contributed by atoms with Crippen molar-refractivity contribution < 1.29 is 4.79 Å². The van der Waals surface area contributed by atoms with E-state index in [4.69, 9.17) is 0 Å². The van der Waals surface area contributed by atoms with Crippen LogP contribution in [0.3, 0.4) is 0 Å². The van der Waals surface area contributed by atoms with Crippen molar-refractivity contribution in [2.24, 2.45) is 22.7 Å². The van der Waals surface area contributed by atoms with Crippen LogP contribution in [0.4, 0.5) is 0 Å². The van der Waals surface area contributed by atoms with Gasteiger partial charge in [-0.1, -0.05) is 34.6 Å². The van der Waals surface area contributed by atoms with Crippen LogP contribution in [0, 0.1) is 22.7 Å². The van der Waals surface area contributed by atoms with Crippen LogP contribution in [0.25, 0.3) is 0 Å². The lowest BCUT2D eigenvalue weighted by Crippen LogP contribution is -2.34. The van der Waals surface area contributed by atoms with E-state index in [1.807, 2.05) is 0 Å². The number of ketones is 1. The molecule has 2 rings (SSSR count). The fourth-order valence-electron chi connectivity index (χ4n) is 4.03. The third-order valence-corrected chi connectivity index (χ3v) is 5.68. The summed E-state index contributed by atoms with van der Waals surface area (Å²) in [4.78, 5) is 14.9. The summed E-state index contributed by atoms with van der Waals surface area (Å²) >= 11 is 0. The molecule has 2 heteroatoms. The average molecular weight is 279 g/mol. The zero-order valence-corrected chi connectivity index (χ0v) is 14.2. The van der Waals surface area contributed by atoms with E-state index in [2.05, 4.69) is 39.5 Å². The van der Waals surface area contributed by atoms with Crippen molar-refractivity contribution in [3.05, 3.63) is 0 Å². The van der Waals surface area contributed by atoms with Crippen molar-refractivity contribution in [3.63, 3.8) is 0 Å². The van der Waals surface area contributed by atoms with Crippen molar-refractivity contribution >= 4 is 5.78 Å². The van der Waals surface area contributed by atoms with Gasteiger partial charge in [-0.3, -0.25) is 4.79 Å². The Morgan fingerprint density at radius 1 is 1.15 bits per heavy atom. The van der Waals surface area contributed by atoms with Gasteiger partial charge >= 0.3 is 0 Å². The maximum absolute atomic E-state index is 12.4. The monoisotopic (exact) mass is 279 g/mol. The van der Waals surface area contributed by atoms with E-state index in [1.165, 1.54) is 32.4 Å². The highest BCUT2D eigenvalue weighted by Gasteiger charge is 2.41. The largest absolute Gasteiger partial charge is 0.303 e. The van der Waals surface area contributed by atoms with Crippen molar-refractivity contribution in [1.29, 1.82) is 0 Å². The van der Waals surface area contributed by atoms with Crippen LogP contribution in [-0.4, -0.2) is 30.3 Å². The van der Waals surface area contributed by atoms with E-state index < -0.39 is 0 Å². The summed E-state index contributed by atoms with van der Waals surface area (Å²) in [6.45, 7) is 14.7. The zero-order chi connectivity index (χ0) is 15.0. The van der Waals surface area contributed by atoms with Crippen LogP contribution >= 0.6 is 0 Å². The molecule has 2 nitrogen and oxygen atoms in total. The first-order chi connectivity index (χ1) is 9.20. The second kappa shape index (κ2) is 5.79. The lowest BCUT2D eigenvalue weighted by atomic mass is 9.77. The number of carbonyl (C=O) groups is 1. The molecule has 116 valence electrons. The summed E-state index contributed by atoms with van der Waals surface area (Å²) in [5.41, 5.74) is 0.367. The summed E-state index contributed by atoms with van der Waals surface area (Å²) < 4.78 is 0. The lowest BCUT2D eigenvalue weighted by Gasteiger charge is -2.30. The van der Waals surface area contributed by atoms with E-state index in [0.29, 0.717) is 17.1 Å². The second-order valence-electron chi connectivity index (χ2n) is 8.78. The highest BCUT2D eigenvalue weighted by molar-refractivity contribution is 5.88. The summed E-state index contributed by atoms with van der Waals surface area (Å²) in [5, 5.41) is 0. The molecule has 0 spiro atoms. The van der Waals surface area contributed by atoms with Crippen LogP contribution < -0.4 is 0 Å². The Kier molecular flexibility index (Phi) is 4.63. The maximum atomic E-state index is 12.4. The van der Waals surface area contributed by atoms with Crippen LogP contribution in [0.15, 0.2) is 0 Å². The van der Waals surface area contributed by atoms with Crippen LogP contribution in [-0.2, 0) is 4.79 Å². The minimum atomic E-state index is -0.0650. The Bertz CT molecular complexity index is 353. The van der Waals surface area contributed by atoms with Gasteiger partial charge in [-0.15, -0.1) is 0 Å². The minimum Gasteiger partial charge on any atom is -0.303 e. The van der Waals surface area contributed by atoms with Gasteiger partial charge in [-0.2, -0.15) is 0 Å². The van der Waals surface area contributed by atoms with E-state index in [9.17, 15) is 4.79 Å². The predicted octanol–water partition coefficient (Wildman–Crippen LogP) is 4.14. The summed E-state index contributed by atoms with van der Waals surface area (Å²) in [7, 11) is 0. The van der Waals surface area contributed by atoms with Crippen molar-refractivity contribution in [3.8, 4) is 0 Å². The summed E-state index contributed by atoms with van der Waals surface area (Å²) in [6.07, 6.45) is 6.13. The molecule has 1 saturated carbocycles. The molecule has 0 N–H and O–H groups in total. The maximum Gasteiger partial charge on any atom is 0.142 e. The molecule has 20 heavy (non-hydrogen) atoms. The molecule has 0 radical (unpaired) electrons. The van der Waals surface area contributed by atoms with E-state index in [-0.39, 0.29) is 5.41 Å². The zero-order valence-electron chi connectivity index (χ0n) is 14.2. The predicted molar refractivity (Wildman–Crippen MR) is 84.7 cm³/mol. The number of hydrogen-bond donors (Lipinski definition) is 0. The van der Waals surface area contributed by atoms with E-state index >= 15 is 0 Å². The first-order valence-electron chi connectivity index (χ1n) is 8.47. The van der Waals surface area contributed by atoms with Crippen LogP contribution in [0.2, 0.25) is 0 Å². The SMILES string of the molecule is CC1(C)CCC(CN2CCCC(C(C)(C)C)CC2)C1=O. The third kappa shape index (κ3) is 3.63. The standard InChI is InChI=1S/C18H33NO/c1-17(2,3)15-7-6-11-19(12-9-15)13-14-8-10-18(4,5)16(14)20/h14-15H,6-13H2,1-5H3. The molecule has 2 aliphatic rings. The Hall–Kier alpha value is -0.370. The number of rotatable bonds is 2. The Morgan fingerprint density at radius 3 is 2.40 bits per heavy atom. The molecule has 0 amide bonds. The van der Waals surface area contributed by atoms with Gasteiger partial charge in [0.15, 0.2) is 0 Å². The molecule has 1 saturated heterocycles. The minimum absolute atomic E-state index is 0.0650. The number of likely N-dealkylation sites (tertiary alicyclic amines) is 1. The molecule has 1 aliphatic carbocycles. The highest BCUT2D eigenvalue weighted by Crippen LogP contribution is 2.39. The van der Waals surface area contributed by atoms with Crippen molar-refractivity contribution in [2.45, 2.75) is 66.7 Å². The van der Waals surface area contributed by atoms with Gasteiger partial charge in [-0.25, -0.2) is 0 Å². The Labute approximate surface area is 125 Å². The fourth-order valence-corrected chi connectivity index (χ4v) is 4.03. The van der Waals surface area contributed by atoms with Gasteiger partial charge in [0.05, 0.1) is 0 Å². The molecule has 2 atom stereocenters. The molecule has 2 fully saturated rings. The first-order valence-corrected chi connectivity index (χ1v) is 8.47. The second-order valence-corrected chi connectivity index (χ2v) is 8.78. The number of carbonyl (C=O) groups excluding carboxylic acids is 1. The molecule has 1 heterocycles. The molecule has 0 bridgehead atoms.